The summed E-state index contributed by atoms with van der Waals surface area (Å²) in [7, 11) is -3.95. The van der Waals surface area contributed by atoms with Gasteiger partial charge in [-0.15, -0.1) is 11.8 Å². The maximum absolute atomic E-state index is 13.2. The number of sulfonamides is 1. The van der Waals surface area contributed by atoms with Crippen molar-refractivity contribution in [2.45, 2.75) is 9.79 Å². The Balaban J connectivity index is 1.37. The Labute approximate surface area is 231 Å². The highest BCUT2D eigenvalue weighted by Crippen LogP contribution is 2.32. The molecule has 4 aromatic rings. The molecule has 38 heavy (non-hydrogen) atoms. The predicted octanol–water partition coefficient (Wildman–Crippen LogP) is 5.86. The molecule has 10 heteroatoms. The number of fused-ring (bicyclic) bond motifs is 1. The Kier molecular flexibility index (Phi) is 8.09. The van der Waals surface area contributed by atoms with E-state index in [2.05, 4.69) is 21.0 Å². The van der Waals surface area contributed by atoms with E-state index >= 15 is 0 Å². The number of hydrogen-bond acceptors (Lipinski definition) is 6. The normalized spacial score (nSPS) is 13.9. The van der Waals surface area contributed by atoms with Gasteiger partial charge in [0.05, 0.1) is 45.9 Å². The van der Waals surface area contributed by atoms with Crippen LogP contribution in [-0.4, -0.2) is 46.4 Å². The van der Waals surface area contributed by atoms with E-state index in [1.54, 1.807) is 30.3 Å². The van der Waals surface area contributed by atoms with E-state index in [4.69, 9.17) is 16.3 Å². The number of nitrogens with zero attached hydrogens (tertiary/aromatic N) is 1. The standard InChI is InChI=1S/C28H26ClN3O4S2/c29-24-7-3-4-8-25(24)31-38(34,35)23-11-12-27(32-13-15-36-16-14-32)26(18-23)30-28(33)19-37-22-10-9-20-5-1-2-6-21(20)17-22/h1-12,17-18,31H,13-16,19H2,(H,30,33). The van der Waals surface area contributed by atoms with Crippen LogP contribution in [0.3, 0.4) is 0 Å². The SMILES string of the molecule is O=C(CSc1ccc2ccccc2c1)Nc1cc(S(=O)(=O)Nc2ccccc2Cl)ccc1N1CCOCC1. The van der Waals surface area contributed by atoms with Crippen LogP contribution in [0.4, 0.5) is 17.1 Å². The first-order chi connectivity index (χ1) is 18.4. The molecule has 0 radical (unpaired) electrons. The van der Waals surface area contributed by atoms with Crippen molar-refractivity contribution in [3.05, 3.63) is 90.0 Å². The summed E-state index contributed by atoms with van der Waals surface area (Å²) in [5, 5.41) is 5.48. The highest BCUT2D eigenvalue weighted by Gasteiger charge is 2.22. The minimum atomic E-state index is -3.95. The van der Waals surface area contributed by atoms with Gasteiger partial charge in [0.1, 0.15) is 0 Å². The van der Waals surface area contributed by atoms with Crippen LogP contribution in [0.15, 0.2) is 94.7 Å². The van der Waals surface area contributed by atoms with Crippen molar-refractivity contribution >= 4 is 67.1 Å². The van der Waals surface area contributed by atoms with E-state index in [-0.39, 0.29) is 22.2 Å². The van der Waals surface area contributed by atoms with Gasteiger partial charge < -0.3 is 15.0 Å². The average molecular weight is 568 g/mol. The molecule has 5 rings (SSSR count). The maximum atomic E-state index is 13.2. The second-order valence-corrected chi connectivity index (χ2v) is 11.8. The van der Waals surface area contributed by atoms with Gasteiger partial charge in [0.2, 0.25) is 5.91 Å². The van der Waals surface area contributed by atoms with Gasteiger partial charge in [0.15, 0.2) is 0 Å². The van der Waals surface area contributed by atoms with E-state index in [1.165, 1.54) is 23.9 Å². The van der Waals surface area contributed by atoms with Gasteiger partial charge in [-0.3, -0.25) is 9.52 Å². The molecular formula is C28H26ClN3O4S2. The Hall–Kier alpha value is -3.24. The van der Waals surface area contributed by atoms with Crippen molar-refractivity contribution in [2.75, 3.05) is 47.0 Å². The summed E-state index contributed by atoms with van der Waals surface area (Å²) in [4.78, 5) is 16.1. The summed E-state index contributed by atoms with van der Waals surface area (Å²) in [6, 6.07) is 25.5. The number of halogens is 1. The molecule has 1 saturated heterocycles. The van der Waals surface area contributed by atoms with Gasteiger partial charge in [-0.2, -0.15) is 0 Å². The first-order valence-electron chi connectivity index (χ1n) is 12.0. The van der Waals surface area contributed by atoms with Crippen molar-refractivity contribution < 1.29 is 17.9 Å². The third-order valence-corrected chi connectivity index (χ3v) is 8.80. The summed E-state index contributed by atoms with van der Waals surface area (Å²) >= 11 is 7.58. The molecular weight excluding hydrogens is 542 g/mol. The molecule has 1 heterocycles. The van der Waals surface area contributed by atoms with Crippen LogP contribution in [0.1, 0.15) is 0 Å². The monoisotopic (exact) mass is 567 g/mol. The van der Waals surface area contributed by atoms with Crippen LogP contribution in [0.25, 0.3) is 10.8 Å². The first kappa shape index (κ1) is 26.4. The summed E-state index contributed by atoms with van der Waals surface area (Å²) in [6.07, 6.45) is 0. The number of thioether (sulfide) groups is 1. The Morgan fingerprint density at radius 1 is 0.895 bits per heavy atom. The number of carbonyl (C=O) groups is 1. The number of para-hydroxylation sites is 1. The lowest BCUT2D eigenvalue weighted by Gasteiger charge is -2.30. The summed E-state index contributed by atoms with van der Waals surface area (Å²) in [5.41, 5.74) is 1.45. The molecule has 0 spiro atoms. The van der Waals surface area contributed by atoms with Gasteiger partial charge in [-0.05, 0) is 53.2 Å². The van der Waals surface area contributed by atoms with Gasteiger partial charge in [-0.1, -0.05) is 54.1 Å². The van der Waals surface area contributed by atoms with Crippen molar-refractivity contribution in [2.24, 2.45) is 0 Å². The fourth-order valence-corrected chi connectivity index (χ4v) is 6.29. The fraction of sp³-hybridized carbons (Fsp3) is 0.179. The number of ether oxygens (including phenoxy) is 1. The maximum Gasteiger partial charge on any atom is 0.262 e. The molecule has 0 saturated carbocycles. The lowest BCUT2D eigenvalue weighted by atomic mass is 10.1. The molecule has 7 nitrogen and oxygen atoms in total. The van der Waals surface area contributed by atoms with E-state index in [9.17, 15) is 13.2 Å². The topological polar surface area (TPSA) is 87.7 Å². The zero-order valence-electron chi connectivity index (χ0n) is 20.4. The van der Waals surface area contributed by atoms with E-state index in [0.717, 1.165) is 21.4 Å². The second kappa shape index (κ2) is 11.7. The third-order valence-electron chi connectivity index (χ3n) is 6.11. The van der Waals surface area contributed by atoms with Crippen LogP contribution in [0.5, 0.6) is 0 Å². The lowest BCUT2D eigenvalue weighted by molar-refractivity contribution is -0.113. The summed E-state index contributed by atoms with van der Waals surface area (Å²) in [5.74, 6) is -0.0540. The van der Waals surface area contributed by atoms with Crippen LogP contribution in [0.2, 0.25) is 5.02 Å². The van der Waals surface area contributed by atoms with Crippen molar-refractivity contribution in [1.29, 1.82) is 0 Å². The van der Waals surface area contributed by atoms with E-state index < -0.39 is 10.0 Å². The Morgan fingerprint density at radius 3 is 2.42 bits per heavy atom. The zero-order chi connectivity index (χ0) is 26.5. The molecule has 2 N–H and O–H groups in total. The Bertz CT molecular complexity index is 1570. The number of benzene rings is 4. The molecule has 1 amide bonds. The molecule has 0 aliphatic carbocycles. The largest absolute Gasteiger partial charge is 0.378 e. The predicted molar refractivity (Wildman–Crippen MR) is 155 cm³/mol. The van der Waals surface area contributed by atoms with Gasteiger partial charge in [0.25, 0.3) is 10.0 Å². The minimum Gasteiger partial charge on any atom is -0.378 e. The molecule has 1 fully saturated rings. The minimum absolute atomic E-state index is 0.0203. The van der Waals surface area contributed by atoms with Gasteiger partial charge >= 0.3 is 0 Å². The van der Waals surface area contributed by atoms with Crippen molar-refractivity contribution in [3.8, 4) is 0 Å². The number of amides is 1. The Morgan fingerprint density at radius 2 is 1.63 bits per heavy atom. The number of nitrogens with one attached hydrogen (secondary N) is 2. The van der Waals surface area contributed by atoms with Crippen molar-refractivity contribution in [3.63, 3.8) is 0 Å². The highest BCUT2D eigenvalue weighted by molar-refractivity contribution is 8.00. The van der Waals surface area contributed by atoms with Crippen molar-refractivity contribution in [1.82, 2.24) is 0 Å². The molecule has 0 bridgehead atoms. The summed E-state index contributed by atoms with van der Waals surface area (Å²) in [6.45, 7) is 2.38. The molecule has 1 aliphatic rings. The lowest BCUT2D eigenvalue weighted by Crippen LogP contribution is -2.37. The first-order valence-corrected chi connectivity index (χ1v) is 14.9. The number of morpholine rings is 1. The number of hydrogen-bond donors (Lipinski definition) is 2. The molecule has 0 unspecified atom stereocenters. The van der Waals surface area contributed by atoms with Crippen LogP contribution in [-0.2, 0) is 19.6 Å². The second-order valence-electron chi connectivity index (χ2n) is 8.71. The molecule has 0 aromatic heterocycles. The summed E-state index contributed by atoms with van der Waals surface area (Å²) < 4.78 is 34.4. The molecule has 4 aromatic carbocycles. The molecule has 0 atom stereocenters. The zero-order valence-corrected chi connectivity index (χ0v) is 22.8. The van der Waals surface area contributed by atoms with E-state index in [1.807, 2.05) is 36.4 Å². The van der Waals surface area contributed by atoms with Crippen LogP contribution in [0, 0.1) is 0 Å². The number of anilines is 3. The third kappa shape index (κ3) is 6.24. The smallest absolute Gasteiger partial charge is 0.262 e. The quantitative estimate of drug-likeness (QED) is 0.259. The molecule has 1 aliphatic heterocycles. The van der Waals surface area contributed by atoms with Gasteiger partial charge in [0, 0.05) is 18.0 Å². The van der Waals surface area contributed by atoms with Gasteiger partial charge in [-0.25, -0.2) is 8.42 Å². The fourth-order valence-electron chi connectivity index (χ4n) is 4.20. The average Bonchev–Trinajstić information content (AvgIpc) is 2.93. The number of carbonyl (C=O) groups excluding carboxylic acids is 1. The molecule has 196 valence electrons. The van der Waals surface area contributed by atoms with E-state index in [0.29, 0.717) is 37.0 Å². The number of rotatable bonds is 8. The highest BCUT2D eigenvalue weighted by atomic mass is 35.5. The van der Waals surface area contributed by atoms with Crippen LogP contribution >= 0.6 is 23.4 Å². The van der Waals surface area contributed by atoms with Crippen LogP contribution < -0.4 is 14.9 Å².